The van der Waals surface area contributed by atoms with Gasteiger partial charge < -0.3 is 0 Å². The van der Waals surface area contributed by atoms with Crippen molar-refractivity contribution in [1.82, 2.24) is 0 Å². The minimum atomic E-state index is 0.139. The SMILES string of the molecule is C=CC(Cl)C(C)C. The average molecular weight is 119 g/mol. The summed E-state index contributed by atoms with van der Waals surface area (Å²) in [6.45, 7) is 7.69. The number of allylic oxidation sites excluding steroid dienone is 1. The van der Waals surface area contributed by atoms with E-state index in [4.69, 9.17) is 11.6 Å². The molecule has 1 heteroatoms. The summed E-state index contributed by atoms with van der Waals surface area (Å²) in [5, 5.41) is 0.139. The van der Waals surface area contributed by atoms with Gasteiger partial charge in [-0.1, -0.05) is 19.9 Å². The van der Waals surface area contributed by atoms with Gasteiger partial charge in [-0.25, -0.2) is 0 Å². The summed E-state index contributed by atoms with van der Waals surface area (Å²) in [5.41, 5.74) is 0. The zero-order chi connectivity index (χ0) is 5.86. The van der Waals surface area contributed by atoms with Gasteiger partial charge in [-0.3, -0.25) is 0 Å². The molecule has 0 aromatic carbocycles. The van der Waals surface area contributed by atoms with Crippen LogP contribution in [0.3, 0.4) is 0 Å². The molecular weight excluding hydrogens is 108 g/mol. The number of rotatable bonds is 2. The first-order valence-electron chi connectivity index (χ1n) is 2.45. The van der Waals surface area contributed by atoms with E-state index in [9.17, 15) is 0 Å². The Hall–Kier alpha value is 0.0300. The summed E-state index contributed by atoms with van der Waals surface area (Å²) >= 11 is 5.68. The Morgan fingerprint density at radius 2 is 2.00 bits per heavy atom. The molecule has 0 spiro atoms. The predicted octanol–water partition coefficient (Wildman–Crippen LogP) is 2.44. The fourth-order valence-corrected chi connectivity index (χ4v) is 0.272. The van der Waals surface area contributed by atoms with Crippen LogP contribution >= 0.6 is 11.6 Å². The number of halogens is 1. The van der Waals surface area contributed by atoms with Crippen LogP contribution in [0.2, 0.25) is 0 Å². The van der Waals surface area contributed by atoms with Crippen molar-refractivity contribution in [3.05, 3.63) is 12.7 Å². The van der Waals surface area contributed by atoms with E-state index in [1.54, 1.807) is 6.08 Å². The molecule has 1 unspecified atom stereocenters. The highest BCUT2D eigenvalue weighted by Crippen LogP contribution is 2.08. The second-order valence-electron chi connectivity index (χ2n) is 1.92. The first-order chi connectivity index (χ1) is 3.18. The maximum atomic E-state index is 5.68. The molecule has 0 aromatic heterocycles. The summed E-state index contributed by atoms with van der Waals surface area (Å²) in [5.74, 6) is 0.513. The molecule has 0 saturated carbocycles. The molecule has 0 fully saturated rings. The van der Waals surface area contributed by atoms with Crippen LogP contribution < -0.4 is 0 Å². The zero-order valence-corrected chi connectivity index (χ0v) is 5.57. The summed E-state index contributed by atoms with van der Waals surface area (Å²) in [7, 11) is 0. The second-order valence-corrected chi connectivity index (χ2v) is 2.43. The normalized spacial score (nSPS) is 14.3. The molecule has 0 aliphatic rings. The molecule has 7 heavy (non-hydrogen) atoms. The molecule has 1 atom stereocenters. The average Bonchev–Trinajstić information content (AvgIpc) is 1.65. The van der Waals surface area contributed by atoms with Crippen molar-refractivity contribution in [3.63, 3.8) is 0 Å². The molecule has 42 valence electrons. The highest BCUT2D eigenvalue weighted by molar-refractivity contribution is 6.21. The van der Waals surface area contributed by atoms with Crippen molar-refractivity contribution < 1.29 is 0 Å². The highest BCUT2D eigenvalue weighted by atomic mass is 35.5. The molecule has 0 aliphatic carbocycles. The van der Waals surface area contributed by atoms with E-state index in [1.807, 2.05) is 0 Å². The number of hydrogen-bond acceptors (Lipinski definition) is 0. The fraction of sp³-hybridized carbons (Fsp3) is 0.667. The van der Waals surface area contributed by atoms with E-state index >= 15 is 0 Å². The van der Waals surface area contributed by atoms with Gasteiger partial charge in [0.05, 0.1) is 5.38 Å². The standard InChI is InChI=1S/C6H11Cl/c1-4-6(7)5(2)3/h4-6H,1H2,2-3H3. The van der Waals surface area contributed by atoms with Gasteiger partial charge >= 0.3 is 0 Å². The molecule has 0 saturated heterocycles. The Kier molecular flexibility index (Phi) is 3.10. The van der Waals surface area contributed by atoms with Crippen molar-refractivity contribution in [2.75, 3.05) is 0 Å². The van der Waals surface area contributed by atoms with E-state index in [2.05, 4.69) is 20.4 Å². The topological polar surface area (TPSA) is 0 Å². The van der Waals surface area contributed by atoms with E-state index < -0.39 is 0 Å². The maximum Gasteiger partial charge on any atom is 0.0536 e. The molecule has 0 heterocycles. The Morgan fingerprint density at radius 1 is 1.57 bits per heavy atom. The summed E-state index contributed by atoms with van der Waals surface area (Å²) in [6.07, 6.45) is 1.76. The Morgan fingerprint density at radius 3 is 2.00 bits per heavy atom. The van der Waals surface area contributed by atoms with Gasteiger partial charge in [0.1, 0.15) is 0 Å². The van der Waals surface area contributed by atoms with Crippen LogP contribution in [-0.4, -0.2) is 5.38 Å². The van der Waals surface area contributed by atoms with E-state index in [0.717, 1.165) is 0 Å². The Bertz CT molecular complexity index is 57.2. The summed E-state index contributed by atoms with van der Waals surface area (Å²) < 4.78 is 0. The third-order valence-electron chi connectivity index (χ3n) is 0.862. The Labute approximate surface area is 50.2 Å². The number of alkyl halides is 1. The van der Waals surface area contributed by atoms with E-state index in [1.165, 1.54) is 0 Å². The van der Waals surface area contributed by atoms with Gasteiger partial charge in [-0.2, -0.15) is 0 Å². The molecule has 0 rings (SSSR count). The lowest BCUT2D eigenvalue weighted by molar-refractivity contribution is 0.672. The molecule has 0 aliphatic heterocycles. The highest BCUT2D eigenvalue weighted by Gasteiger charge is 2.01. The maximum absolute atomic E-state index is 5.68. The van der Waals surface area contributed by atoms with Gasteiger partial charge in [0.25, 0.3) is 0 Å². The van der Waals surface area contributed by atoms with Crippen LogP contribution in [0.5, 0.6) is 0 Å². The minimum absolute atomic E-state index is 0.139. The van der Waals surface area contributed by atoms with Gasteiger partial charge in [0.2, 0.25) is 0 Å². The van der Waals surface area contributed by atoms with E-state index in [-0.39, 0.29) is 5.38 Å². The molecule has 0 radical (unpaired) electrons. The summed E-state index contributed by atoms with van der Waals surface area (Å²) in [4.78, 5) is 0. The minimum Gasteiger partial charge on any atom is -0.118 e. The lowest BCUT2D eigenvalue weighted by atomic mass is 10.1. The molecule has 0 amide bonds. The zero-order valence-electron chi connectivity index (χ0n) is 4.82. The van der Waals surface area contributed by atoms with Crippen LogP contribution in [0.4, 0.5) is 0 Å². The van der Waals surface area contributed by atoms with Crippen molar-refractivity contribution >= 4 is 11.6 Å². The molecule has 0 aromatic rings. The fourth-order valence-electron chi connectivity index (χ4n) is 0.272. The third-order valence-corrected chi connectivity index (χ3v) is 1.54. The van der Waals surface area contributed by atoms with Crippen molar-refractivity contribution in [2.24, 2.45) is 5.92 Å². The van der Waals surface area contributed by atoms with Crippen molar-refractivity contribution in [2.45, 2.75) is 19.2 Å². The van der Waals surface area contributed by atoms with Crippen molar-refractivity contribution in [1.29, 1.82) is 0 Å². The number of hydrogen-bond donors (Lipinski definition) is 0. The third kappa shape index (κ3) is 2.69. The Balaban J connectivity index is 3.33. The largest absolute Gasteiger partial charge is 0.118 e. The van der Waals surface area contributed by atoms with Crippen LogP contribution in [0.1, 0.15) is 13.8 Å². The van der Waals surface area contributed by atoms with Gasteiger partial charge in [-0.15, -0.1) is 18.2 Å². The van der Waals surface area contributed by atoms with Crippen LogP contribution in [-0.2, 0) is 0 Å². The van der Waals surface area contributed by atoms with E-state index in [0.29, 0.717) is 5.92 Å². The predicted molar refractivity (Wildman–Crippen MR) is 34.7 cm³/mol. The first kappa shape index (κ1) is 7.03. The first-order valence-corrected chi connectivity index (χ1v) is 2.88. The lowest BCUT2D eigenvalue weighted by Gasteiger charge is -2.04. The second kappa shape index (κ2) is 3.09. The quantitative estimate of drug-likeness (QED) is 0.386. The van der Waals surface area contributed by atoms with Crippen molar-refractivity contribution in [3.8, 4) is 0 Å². The smallest absolute Gasteiger partial charge is 0.0536 e. The molecule has 0 bridgehead atoms. The molecule has 0 nitrogen and oxygen atoms in total. The summed E-state index contributed by atoms with van der Waals surface area (Å²) in [6, 6.07) is 0. The van der Waals surface area contributed by atoms with Gasteiger partial charge in [0, 0.05) is 0 Å². The molecule has 0 N–H and O–H groups in total. The van der Waals surface area contributed by atoms with Gasteiger partial charge in [-0.05, 0) is 5.92 Å². The monoisotopic (exact) mass is 118 g/mol. The van der Waals surface area contributed by atoms with Crippen LogP contribution in [0, 0.1) is 5.92 Å². The van der Waals surface area contributed by atoms with Crippen LogP contribution in [0.15, 0.2) is 12.7 Å². The van der Waals surface area contributed by atoms with Gasteiger partial charge in [0.15, 0.2) is 0 Å². The lowest BCUT2D eigenvalue weighted by Crippen LogP contribution is -2.01. The molecular formula is C6H11Cl. The van der Waals surface area contributed by atoms with Crippen LogP contribution in [0.25, 0.3) is 0 Å².